The second-order valence-electron chi connectivity index (χ2n) is 7.71. The first-order valence-electron chi connectivity index (χ1n) is 8.98. The summed E-state index contributed by atoms with van der Waals surface area (Å²) >= 11 is 0. The zero-order valence-electron chi connectivity index (χ0n) is 15.8. The monoisotopic (exact) mass is 373 g/mol. The third-order valence-electron chi connectivity index (χ3n) is 4.47. The summed E-state index contributed by atoms with van der Waals surface area (Å²) in [6, 6.07) is 6.40. The molecule has 8 heteroatoms. The normalized spacial score (nSPS) is 19.2. The fraction of sp³-hybridized carbons (Fsp3) is 0.526. The molecule has 1 amide bonds. The summed E-state index contributed by atoms with van der Waals surface area (Å²) < 4.78 is 19.4. The molecule has 7 nitrogen and oxygen atoms in total. The Morgan fingerprint density at radius 1 is 1.44 bits per heavy atom. The van der Waals surface area contributed by atoms with E-state index in [1.165, 1.54) is 18.2 Å². The first kappa shape index (κ1) is 19.0. The highest BCUT2D eigenvalue weighted by atomic mass is 19.1. The molecule has 0 aromatic heterocycles. The molecule has 0 bridgehead atoms. The molecule has 0 saturated carbocycles. The minimum atomic E-state index is -0.519. The lowest BCUT2D eigenvalue weighted by atomic mass is 10.1. The van der Waals surface area contributed by atoms with E-state index in [-0.39, 0.29) is 24.5 Å². The fourth-order valence-corrected chi connectivity index (χ4v) is 3.18. The van der Waals surface area contributed by atoms with Crippen molar-refractivity contribution < 1.29 is 13.9 Å². The van der Waals surface area contributed by atoms with Gasteiger partial charge < -0.3 is 19.9 Å². The number of nitrogens with zero attached hydrogens (tertiary/aromatic N) is 4. The summed E-state index contributed by atoms with van der Waals surface area (Å²) in [5.41, 5.74) is 0.327. The van der Waals surface area contributed by atoms with Crippen LogP contribution in [0.5, 0.6) is 0 Å². The third kappa shape index (κ3) is 4.48. The maximum Gasteiger partial charge on any atom is 0.410 e. The molecule has 1 atom stereocenters. The Balaban J connectivity index is 1.57. The van der Waals surface area contributed by atoms with Crippen molar-refractivity contribution in [1.82, 2.24) is 15.1 Å². The lowest BCUT2D eigenvalue weighted by Gasteiger charge is -2.39. The molecule has 2 heterocycles. The Labute approximate surface area is 158 Å². The van der Waals surface area contributed by atoms with Crippen LogP contribution in [0, 0.1) is 17.1 Å². The van der Waals surface area contributed by atoms with E-state index in [0.29, 0.717) is 43.3 Å². The van der Waals surface area contributed by atoms with Gasteiger partial charge in [-0.05, 0) is 39.0 Å². The fourth-order valence-electron chi connectivity index (χ4n) is 3.18. The highest BCUT2D eigenvalue weighted by molar-refractivity contribution is 5.82. The smallest absolute Gasteiger partial charge is 0.410 e. The van der Waals surface area contributed by atoms with Gasteiger partial charge in [0.15, 0.2) is 5.96 Å². The number of rotatable bonds is 2. The first-order valence-corrected chi connectivity index (χ1v) is 8.98. The highest BCUT2D eigenvalue weighted by Gasteiger charge is 2.36. The van der Waals surface area contributed by atoms with Gasteiger partial charge in [0.05, 0.1) is 24.2 Å². The zero-order valence-corrected chi connectivity index (χ0v) is 15.8. The van der Waals surface area contributed by atoms with E-state index < -0.39 is 5.60 Å². The number of nitriles is 1. The van der Waals surface area contributed by atoms with Crippen molar-refractivity contribution >= 4 is 12.1 Å². The van der Waals surface area contributed by atoms with Crippen LogP contribution in [-0.2, 0) is 11.3 Å². The standard InChI is InChI=1S/C19H24FN5O2/c1-19(2,3)27-18(26)24-6-7-25-15(12-24)11-23-17(25)22-10-14-8-13(9-21)4-5-16(14)20/h4-5,8,15H,6-7,10-12H2,1-3H3,(H,22,23). The molecule has 1 aromatic carbocycles. The molecule has 2 aliphatic rings. The summed E-state index contributed by atoms with van der Waals surface area (Å²) in [5, 5.41) is 12.1. The van der Waals surface area contributed by atoms with Crippen molar-refractivity contribution in [3.8, 4) is 6.07 Å². The first-order chi connectivity index (χ1) is 12.8. The number of aliphatic imine (C=N–C) groups is 1. The summed E-state index contributed by atoms with van der Waals surface area (Å²) in [7, 11) is 0. The van der Waals surface area contributed by atoms with Gasteiger partial charge in [0, 0.05) is 31.7 Å². The van der Waals surface area contributed by atoms with Crippen molar-refractivity contribution in [1.29, 1.82) is 5.26 Å². The number of halogens is 1. The maximum absolute atomic E-state index is 13.9. The summed E-state index contributed by atoms with van der Waals surface area (Å²) in [5.74, 6) is 0.344. The number of benzene rings is 1. The number of nitrogens with one attached hydrogen (secondary N) is 1. The maximum atomic E-state index is 13.9. The number of guanidine groups is 1. The Hall–Kier alpha value is -2.82. The number of hydrogen-bond donors (Lipinski definition) is 1. The van der Waals surface area contributed by atoms with Crippen LogP contribution in [0.2, 0.25) is 0 Å². The number of ether oxygens (including phenoxy) is 1. The minimum absolute atomic E-state index is 0.0871. The van der Waals surface area contributed by atoms with Gasteiger partial charge in [0.2, 0.25) is 0 Å². The van der Waals surface area contributed by atoms with Crippen LogP contribution < -0.4 is 5.32 Å². The lowest BCUT2D eigenvalue weighted by Crippen LogP contribution is -2.57. The third-order valence-corrected chi connectivity index (χ3v) is 4.47. The van der Waals surface area contributed by atoms with Gasteiger partial charge in [-0.25, -0.2) is 9.18 Å². The van der Waals surface area contributed by atoms with Crippen molar-refractivity contribution in [2.45, 2.75) is 39.0 Å². The van der Waals surface area contributed by atoms with Crippen LogP contribution in [0.15, 0.2) is 23.2 Å². The number of fused-ring (bicyclic) bond motifs is 1. The van der Waals surface area contributed by atoms with Crippen molar-refractivity contribution in [3.05, 3.63) is 35.1 Å². The number of piperazine rings is 1. The summed E-state index contributed by atoms with van der Waals surface area (Å²) in [6.45, 7) is 8.09. The SMILES string of the molecule is CC(C)(C)OC(=O)N1CCN2C(NCc3cc(C#N)ccc3F)=NCC2C1. The summed E-state index contributed by atoms with van der Waals surface area (Å²) in [6.07, 6.45) is -0.307. The molecule has 27 heavy (non-hydrogen) atoms. The quantitative estimate of drug-likeness (QED) is 0.858. The molecule has 0 spiro atoms. The Morgan fingerprint density at radius 2 is 2.22 bits per heavy atom. The lowest BCUT2D eigenvalue weighted by molar-refractivity contribution is 0.0137. The number of carbonyl (C=O) groups is 1. The molecule has 0 radical (unpaired) electrons. The molecular weight excluding hydrogens is 349 g/mol. The van der Waals surface area contributed by atoms with Crippen molar-refractivity contribution in [2.24, 2.45) is 4.99 Å². The van der Waals surface area contributed by atoms with E-state index in [1.54, 1.807) is 4.90 Å². The average molecular weight is 373 g/mol. The van der Waals surface area contributed by atoms with Crippen LogP contribution in [0.3, 0.4) is 0 Å². The van der Waals surface area contributed by atoms with Gasteiger partial charge in [-0.1, -0.05) is 0 Å². The molecule has 2 aliphatic heterocycles. The highest BCUT2D eigenvalue weighted by Crippen LogP contribution is 2.19. The van der Waals surface area contributed by atoms with Crippen LogP contribution in [0.1, 0.15) is 31.9 Å². The topological polar surface area (TPSA) is 81.0 Å². The van der Waals surface area contributed by atoms with Gasteiger partial charge in [0.1, 0.15) is 11.4 Å². The number of hydrogen-bond acceptors (Lipinski definition) is 6. The molecule has 3 rings (SSSR count). The Morgan fingerprint density at radius 3 is 2.93 bits per heavy atom. The minimum Gasteiger partial charge on any atom is -0.444 e. The van der Waals surface area contributed by atoms with E-state index in [4.69, 9.17) is 10.00 Å². The molecule has 1 fully saturated rings. The van der Waals surface area contributed by atoms with Crippen LogP contribution >= 0.6 is 0 Å². The zero-order chi connectivity index (χ0) is 19.6. The van der Waals surface area contributed by atoms with E-state index >= 15 is 0 Å². The molecule has 1 saturated heterocycles. The molecule has 0 aliphatic carbocycles. The molecule has 144 valence electrons. The second kappa shape index (κ2) is 7.43. The summed E-state index contributed by atoms with van der Waals surface area (Å²) in [4.78, 5) is 20.6. The van der Waals surface area contributed by atoms with Crippen LogP contribution in [0.25, 0.3) is 0 Å². The molecule has 1 unspecified atom stereocenters. The molecule has 1 N–H and O–H groups in total. The van der Waals surface area contributed by atoms with Crippen molar-refractivity contribution in [2.75, 3.05) is 26.2 Å². The Bertz CT molecular complexity index is 796. The molecule has 1 aromatic rings. The van der Waals surface area contributed by atoms with Crippen LogP contribution in [-0.4, -0.2) is 59.7 Å². The van der Waals surface area contributed by atoms with E-state index in [9.17, 15) is 9.18 Å². The predicted octanol–water partition coefficient (Wildman–Crippen LogP) is 2.08. The Kier molecular flexibility index (Phi) is 5.22. The number of carbonyl (C=O) groups excluding carboxylic acids is 1. The molecular formula is C19H24FN5O2. The van der Waals surface area contributed by atoms with Gasteiger partial charge in [-0.3, -0.25) is 4.99 Å². The van der Waals surface area contributed by atoms with E-state index in [0.717, 1.165) is 0 Å². The van der Waals surface area contributed by atoms with Gasteiger partial charge in [-0.15, -0.1) is 0 Å². The second-order valence-corrected chi connectivity index (χ2v) is 7.71. The predicted molar refractivity (Wildman–Crippen MR) is 98.6 cm³/mol. The van der Waals surface area contributed by atoms with Gasteiger partial charge >= 0.3 is 6.09 Å². The van der Waals surface area contributed by atoms with E-state index in [1.807, 2.05) is 26.8 Å². The van der Waals surface area contributed by atoms with Gasteiger partial charge in [0.25, 0.3) is 0 Å². The van der Waals surface area contributed by atoms with E-state index in [2.05, 4.69) is 15.2 Å². The average Bonchev–Trinajstić information content (AvgIpc) is 3.02. The largest absolute Gasteiger partial charge is 0.444 e. The van der Waals surface area contributed by atoms with Crippen molar-refractivity contribution in [3.63, 3.8) is 0 Å². The number of amides is 1. The van der Waals surface area contributed by atoms with Crippen LogP contribution in [0.4, 0.5) is 9.18 Å². The van der Waals surface area contributed by atoms with Gasteiger partial charge in [-0.2, -0.15) is 5.26 Å².